The number of fused-ring (bicyclic) bond motifs is 1. The summed E-state index contributed by atoms with van der Waals surface area (Å²) >= 11 is 0. The molecule has 2 fully saturated rings. The lowest BCUT2D eigenvalue weighted by Gasteiger charge is -2.19. The van der Waals surface area contributed by atoms with E-state index in [1.165, 1.54) is 5.56 Å². The molecule has 0 bridgehead atoms. The summed E-state index contributed by atoms with van der Waals surface area (Å²) in [5.41, 5.74) is 8.77. The normalized spacial score (nSPS) is 29.8. The second-order valence-corrected chi connectivity index (χ2v) is 6.39. The van der Waals surface area contributed by atoms with Crippen LogP contribution in [0.25, 0.3) is 0 Å². The number of oxime groups is 1. The topological polar surface area (TPSA) is 82.1 Å². The third-order valence-electron chi connectivity index (χ3n) is 5.03. The van der Waals surface area contributed by atoms with Crippen LogP contribution in [0.15, 0.2) is 23.4 Å². The summed E-state index contributed by atoms with van der Waals surface area (Å²) in [6.07, 6.45) is 2.02. The molecule has 21 heavy (non-hydrogen) atoms. The van der Waals surface area contributed by atoms with Crippen molar-refractivity contribution in [3.8, 4) is 0 Å². The fourth-order valence-corrected chi connectivity index (χ4v) is 3.79. The predicted octanol–water partition coefficient (Wildman–Crippen LogP) is 1.29. The number of amidine groups is 1. The van der Waals surface area contributed by atoms with E-state index in [0.717, 1.165) is 43.6 Å². The van der Waals surface area contributed by atoms with Crippen LogP contribution in [-0.2, 0) is 6.54 Å². The molecule has 1 heterocycles. The molecule has 5 nitrogen and oxygen atoms in total. The highest BCUT2D eigenvalue weighted by atomic mass is 16.4. The Hall–Kier alpha value is -1.59. The molecule has 3 unspecified atom stereocenters. The number of nitrogens with zero attached hydrogens (tertiary/aromatic N) is 2. The summed E-state index contributed by atoms with van der Waals surface area (Å²) in [6.45, 7) is 5.04. The smallest absolute Gasteiger partial charge is 0.170 e. The minimum absolute atomic E-state index is 0.107. The zero-order valence-electron chi connectivity index (χ0n) is 12.4. The average molecular weight is 289 g/mol. The highest BCUT2D eigenvalue weighted by Crippen LogP contribution is 2.38. The Morgan fingerprint density at radius 1 is 1.38 bits per heavy atom. The first-order valence-electron chi connectivity index (χ1n) is 7.56. The van der Waals surface area contributed by atoms with Crippen molar-refractivity contribution < 1.29 is 10.3 Å². The van der Waals surface area contributed by atoms with Gasteiger partial charge in [0.05, 0.1) is 6.10 Å². The predicted molar refractivity (Wildman–Crippen MR) is 81.2 cm³/mol. The Bertz CT molecular complexity index is 558. The van der Waals surface area contributed by atoms with Gasteiger partial charge in [0.25, 0.3) is 0 Å². The average Bonchev–Trinajstić information content (AvgIpc) is 3.02. The Morgan fingerprint density at radius 3 is 2.86 bits per heavy atom. The molecule has 2 aliphatic rings. The maximum Gasteiger partial charge on any atom is 0.170 e. The van der Waals surface area contributed by atoms with Crippen LogP contribution in [0.1, 0.15) is 29.5 Å². The lowest BCUT2D eigenvalue weighted by atomic mass is 10.00. The molecular formula is C16H23N3O2. The number of aliphatic hydroxyl groups excluding tert-OH is 1. The van der Waals surface area contributed by atoms with Crippen LogP contribution in [-0.4, -0.2) is 40.2 Å². The summed E-state index contributed by atoms with van der Waals surface area (Å²) in [7, 11) is 0. The quantitative estimate of drug-likeness (QED) is 0.339. The Kier molecular flexibility index (Phi) is 3.87. The van der Waals surface area contributed by atoms with E-state index in [0.29, 0.717) is 11.8 Å². The Morgan fingerprint density at radius 2 is 2.19 bits per heavy atom. The fourth-order valence-electron chi connectivity index (χ4n) is 3.79. The first-order valence-corrected chi connectivity index (χ1v) is 7.56. The maximum atomic E-state index is 9.99. The summed E-state index contributed by atoms with van der Waals surface area (Å²) in [5, 5.41) is 21.7. The molecule has 1 aliphatic heterocycles. The summed E-state index contributed by atoms with van der Waals surface area (Å²) in [6, 6.07) is 5.90. The van der Waals surface area contributed by atoms with Crippen molar-refractivity contribution in [1.82, 2.24) is 4.90 Å². The number of nitrogens with two attached hydrogens (primary N) is 1. The minimum Gasteiger partial charge on any atom is -0.409 e. The van der Waals surface area contributed by atoms with Crippen LogP contribution in [0.2, 0.25) is 0 Å². The summed E-state index contributed by atoms with van der Waals surface area (Å²) < 4.78 is 0. The van der Waals surface area contributed by atoms with E-state index in [2.05, 4.69) is 17.0 Å². The number of benzene rings is 1. The van der Waals surface area contributed by atoms with Gasteiger partial charge in [0, 0.05) is 31.1 Å². The Balaban J connectivity index is 1.69. The summed E-state index contributed by atoms with van der Waals surface area (Å²) in [4.78, 5) is 2.43. The van der Waals surface area contributed by atoms with Gasteiger partial charge in [-0.1, -0.05) is 17.3 Å². The van der Waals surface area contributed by atoms with E-state index >= 15 is 0 Å². The highest BCUT2D eigenvalue weighted by molar-refractivity contribution is 5.97. The van der Waals surface area contributed by atoms with Crippen LogP contribution in [0.4, 0.5) is 0 Å². The van der Waals surface area contributed by atoms with Crippen molar-refractivity contribution in [2.45, 2.75) is 32.4 Å². The van der Waals surface area contributed by atoms with Crippen LogP contribution >= 0.6 is 0 Å². The lowest BCUT2D eigenvalue weighted by Crippen LogP contribution is -2.25. The van der Waals surface area contributed by atoms with Crippen molar-refractivity contribution >= 4 is 5.84 Å². The number of aryl methyl sites for hydroxylation is 1. The first kappa shape index (κ1) is 14.4. The maximum absolute atomic E-state index is 9.99. The molecule has 1 saturated carbocycles. The van der Waals surface area contributed by atoms with Crippen molar-refractivity contribution in [3.05, 3.63) is 34.9 Å². The third-order valence-corrected chi connectivity index (χ3v) is 5.03. The number of hydrogen-bond acceptors (Lipinski definition) is 4. The van der Waals surface area contributed by atoms with Gasteiger partial charge in [-0.2, -0.15) is 0 Å². The number of hydrogen-bond donors (Lipinski definition) is 3. The second kappa shape index (κ2) is 5.66. The van der Waals surface area contributed by atoms with E-state index < -0.39 is 0 Å². The zero-order chi connectivity index (χ0) is 15.0. The summed E-state index contributed by atoms with van der Waals surface area (Å²) in [5.74, 6) is 1.27. The van der Waals surface area contributed by atoms with Crippen molar-refractivity contribution in [1.29, 1.82) is 0 Å². The van der Waals surface area contributed by atoms with Gasteiger partial charge in [-0.15, -0.1) is 0 Å². The molecule has 4 N–H and O–H groups in total. The fraction of sp³-hybridized carbons (Fsp3) is 0.562. The molecule has 1 aliphatic carbocycles. The van der Waals surface area contributed by atoms with Gasteiger partial charge in [0.15, 0.2) is 5.84 Å². The van der Waals surface area contributed by atoms with E-state index in [1.807, 2.05) is 18.2 Å². The molecule has 0 aromatic heterocycles. The molecule has 3 atom stereocenters. The molecule has 114 valence electrons. The van der Waals surface area contributed by atoms with Crippen LogP contribution in [0.5, 0.6) is 0 Å². The van der Waals surface area contributed by atoms with E-state index in [1.54, 1.807) is 0 Å². The largest absolute Gasteiger partial charge is 0.409 e. The number of rotatable bonds is 3. The van der Waals surface area contributed by atoms with E-state index in [4.69, 9.17) is 10.9 Å². The standard InChI is InChI=1S/C16H23N3O2/c1-10-6-11(16(17)18-21)2-3-12(10)7-19-8-13-4-5-15(20)14(13)9-19/h2-3,6,13-15,20-21H,4-5,7-9H2,1H3,(H2,17,18). The molecule has 1 aromatic carbocycles. The number of aliphatic hydroxyl groups is 1. The molecule has 1 aromatic rings. The molecule has 5 heteroatoms. The van der Waals surface area contributed by atoms with Crippen molar-refractivity contribution in [2.75, 3.05) is 13.1 Å². The molecule has 1 saturated heterocycles. The van der Waals surface area contributed by atoms with Gasteiger partial charge in [0.1, 0.15) is 0 Å². The van der Waals surface area contributed by atoms with Crippen molar-refractivity contribution in [3.63, 3.8) is 0 Å². The molecule has 0 spiro atoms. The molecular weight excluding hydrogens is 266 g/mol. The third kappa shape index (κ3) is 2.76. The van der Waals surface area contributed by atoms with Crippen molar-refractivity contribution in [2.24, 2.45) is 22.7 Å². The van der Waals surface area contributed by atoms with Gasteiger partial charge in [-0.3, -0.25) is 4.90 Å². The molecule has 3 rings (SSSR count). The monoisotopic (exact) mass is 289 g/mol. The van der Waals surface area contributed by atoms with Gasteiger partial charge in [0.2, 0.25) is 0 Å². The minimum atomic E-state index is -0.107. The van der Waals surface area contributed by atoms with Gasteiger partial charge < -0.3 is 16.0 Å². The van der Waals surface area contributed by atoms with Gasteiger partial charge >= 0.3 is 0 Å². The zero-order valence-corrected chi connectivity index (χ0v) is 12.4. The SMILES string of the molecule is Cc1cc(/C(N)=N/O)ccc1CN1CC2CCC(O)C2C1. The lowest BCUT2D eigenvalue weighted by molar-refractivity contribution is 0.123. The van der Waals surface area contributed by atoms with E-state index in [-0.39, 0.29) is 11.9 Å². The Labute approximate surface area is 125 Å². The number of likely N-dealkylation sites (tertiary alicyclic amines) is 1. The molecule has 0 radical (unpaired) electrons. The van der Waals surface area contributed by atoms with Gasteiger partial charge in [-0.05, 0) is 42.9 Å². The van der Waals surface area contributed by atoms with Crippen LogP contribution in [0, 0.1) is 18.8 Å². The first-order chi connectivity index (χ1) is 10.1. The molecule has 0 amide bonds. The van der Waals surface area contributed by atoms with Crippen LogP contribution < -0.4 is 5.73 Å². The second-order valence-electron chi connectivity index (χ2n) is 6.39. The van der Waals surface area contributed by atoms with Crippen LogP contribution in [0.3, 0.4) is 0 Å². The van der Waals surface area contributed by atoms with Gasteiger partial charge in [-0.25, -0.2) is 0 Å². The van der Waals surface area contributed by atoms with E-state index in [9.17, 15) is 5.11 Å². The highest BCUT2D eigenvalue weighted by Gasteiger charge is 2.41.